The van der Waals surface area contributed by atoms with Gasteiger partial charge in [0.2, 0.25) is 0 Å². The van der Waals surface area contributed by atoms with Crippen molar-refractivity contribution < 1.29 is 19.3 Å². The third-order valence-electron chi connectivity index (χ3n) is 6.75. The van der Waals surface area contributed by atoms with Crippen LogP contribution in [-0.4, -0.2) is 35.3 Å². The minimum atomic E-state index is -1.30. The molecule has 0 spiro atoms. The first-order chi connectivity index (χ1) is 15.9. The minimum absolute atomic E-state index is 0.0502. The van der Waals surface area contributed by atoms with Crippen LogP contribution in [0.25, 0.3) is 0 Å². The molecule has 3 aromatic carbocycles. The Balaban J connectivity index is 1.61. The average Bonchev–Trinajstić information content (AvgIpc) is 3.26. The van der Waals surface area contributed by atoms with Crippen LogP contribution in [0.15, 0.2) is 103 Å². The number of hydrogen-bond donors (Lipinski definition) is 1. The van der Waals surface area contributed by atoms with E-state index >= 15 is 0 Å². The molecule has 0 amide bonds. The van der Waals surface area contributed by atoms with Crippen LogP contribution in [0.2, 0.25) is 0 Å². The Kier molecular flexibility index (Phi) is 5.50. The van der Waals surface area contributed by atoms with E-state index in [1.807, 2.05) is 81.4 Å². The molecule has 0 radical (unpaired) electrons. The number of aliphatic hydroxyl groups is 1. The molecule has 0 saturated carbocycles. The van der Waals surface area contributed by atoms with Crippen LogP contribution in [-0.2, 0) is 19.8 Å². The lowest BCUT2D eigenvalue weighted by atomic mass is 9.79. The lowest BCUT2D eigenvalue weighted by Gasteiger charge is -2.40. The largest absolute Gasteiger partial charge is 0.380 e. The Morgan fingerprint density at radius 3 is 1.70 bits per heavy atom. The molecule has 1 aliphatic heterocycles. The summed E-state index contributed by atoms with van der Waals surface area (Å²) in [6.07, 6.45) is 1.14. The lowest BCUT2D eigenvalue weighted by molar-refractivity contribution is -0.180. The molecule has 3 atom stereocenters. The highest BCUT2D eigenvalue weighted by molar-refractivity contribution is 5.47. The van der Waals surface area contributed by atoms with Gasteiger partial charge in [-0.25, -0.2) is 0 Å². The van der Waals surface area contributed by atoms with Crippen molar-refractivity contribution >= 4 is 0 Å². The van der Waals surface area contributed by atoms with Crippen molar-refractivity contribution in [2.24, 2.45) is 0 Å². The van der Waals surface area contributed by atoms with Crippen molar-refractivity contribution in [3.63, 3.8) is 0 Å². The van der Waals surface area contributed by atoms with E-state index in [-0.39, 0.29) is 12.7 Å². The van der Waals surface area contributed by atoms with E-state index in [2.05, 4.69) is 36.4 Å². The maximum atomic E-state index is 11.9. The van der Waals surface area contributed by atoms with Gasteiger partial charge in [0.05, 0.1) is 6.61 Å². The molecule has 1 heterocycles. The van der Waals surface area contributed by atoms with Gasteiger partial charge < -0.3 is 19.3 Å². The lowest BCUT2D eigenvalue weighted by Crippen LogP contribution is -2.50. The van der Waals surface area contributed by atoms with Crippen LogP contribution < -0.4 is 0 Å². The van der Waals surface area contributed by atoms with Crippen LogP contribution in [0.3, 0.4) is 0 Å². The molecule has 2 aliphatic rings. The number of fused-ring (bicyclic) bond motifs is 1. The van der Waals surface area contributed by atoms with Gasteiger partial charge in [-0.15, -0.1) is 0 Å². The van der Waals surface area contributed by atoms with Gasteiger partial charge in [-0.2, -0.15) is 0 Å². The summed E-state index contributed by atoms with van der Waals surface area (Å²) in [4.78, 5) is 0. The predicted octanol–water partition coefficient (Wildman–Crippen LogP) is 5.21. The second-order valence-corrected chi connectivity index (χ2v) is 9.36. The summed E-state index contributed by atoms with van der Waals surface area (Å²) in [7, 11) is 0. The van der Waals surface area contributed by atoms with E-state index in [1.165, 1.54) is 0 Å². The molecule has 4 nitrogen and oxygen atoms in total. The highest BCUT2D eigenvalue weighted by Crippen LogP contribution is 2.46. The van der Waals surface area contributed by atoms with Gasteiger partial charge in [0.15, 0.2) is 5.79 Å². The summed E-state index contributed by atoms with van der Waals surface area (Å²) in [5, 5.41) is 11.9. The van der Waals surface area contributed by atoms with E-state index in [4.69, 9.17) is 14.2 Å². The van der Waals surface area contributed by atoms with Crippen molar-refractivity contribution in [3.8, 4) is 0 Å². The minimum Gasteiger partial charge on any atom is -0.380 e. The fourth-order valence-corrected chi connectivity index (χ4v) is 5.08. The Labute approximate surface area is 195 Å². The van der Waals surface area contributed by atoms with E-state index in [0.29, 0.717) is 0 Å². The second-order valence-electron chi connectivity index (χ2n) is 9.36. The third kappa shape index (κ3) is 3.73. The monoisotopic (exact) mass is 442 g/mol. The van der Waals surface area contributed by atoms with Crippen LogP contribution in [0.1, 0.15) is 37.5 Å². The van der Waals surface area contributed by atoms with E-state index < -0.39 is 23.1 Å². The van der Waals surface area contributed by atoms with Crippen molar-refractivity contribution in [1.82, 2.24) is 0 Å². The smallest absolute Gasteiger partial charge is 0.164 e. The number of benzene rings is 3. The van der Waals surface area contributed by atoms with Crippen molar-refractivity contribution in [1.29, 1.82) is 0 Å². The summed E-state index contributed by atoms with van der Waals surface area (Å²) < 4.78 is 19.0. The molecule has 1 saturated heterocycles. The first-order valence-electron chi connectivity index (χ1n) is 11.4. The quantitative estimate of drug-likeness (QED) is 0.421. The van der Waals surface area contributed by atoms with Gasteiger partial charge in [0, 0.05) is 0 Å². The van der Waals surface area contributed by atoms with E-state index in [1.54, 1.807) is 0 Å². The molecule has 1 N–H and O–H groups in total. The summed E-state index contributed by atoms with van der Waals surface area (Å²) in [6, 6.07) is 30.5. The Bertz CT molecular complexity index is 1030. The third-order valence-corrected chi connectivity index (χ3v) is 6.75. The highest BCUT2D eigenvalue weighted by atomic mass is 16.8. The van der Waals surface area contributed by atoms with Crippen molar-refractivity contribution in [2.45, 2.75) is 50.0 Å². The van der Waals surface area contributed by atoms with Crippen LogP contribution in [0, 0.1) is 0 Å². The first kappa shape index (κ1) is 22.1. The molecule has 170 valence electrons. The average molecular weight is 443 g/mol. The number of ether oxygens (including phenoxy) is 3. The molecule has 1 fully saturated rings. The van der Waals surface area contributed by atoms with Crippen LogP contribution in [0.4, 0.5) is 0 Å². The molecule has 0 aromatic heterocycles. The summed E-state index contributed by atoms with van der Waals surface area (Å²) in [6.45, 7) is 5.71. The van der Waals surface area contributed by atoms with Gasteiger partial charge in [-0.3, -0.25) is 0 Å². The molecule has 1 aliphatic carbocycles. The van der Waals surface area contributed by atoms with Crippen molar-refractivity contribution in [3.05, 3.63) is 119 Å². The van der Waals surface area contributed by atoms with E-state index in [9.17, 15) is 5.11 Å². The molecular formula is C29H30O4. The summed E-state index contributed by atoms with van der Waals surface area (Å²) in [5.41, 5.74) is 1.56. The molecule has 3 aromatic rings. The zero-order valence-corrected chi connectivity index (χ0v) is 19.3. The zero-order chi connectivity index (χ0) is 23.1. The standard InChI is InChI=1S/C29H30O4/c1-21-19-25-26(33-27(2,3)32-25)28(21,30)20-31-29(22-13-7-4-8-14-22,23-15-9-5-10-16-23)24-17-11-6-12-18-24/h4-19,25-26,30H,20H2,1-3H3/t25-,26-,28-/m0/s1. The normalized spacial score (nSPS) is 26.1. The number of rotatable bonds is 6. The molecule has 4 heteroatoms. The maximum Gasteiger partial charge on any atom is 0.164 e. The maximum absolute atomic E-state index is 11.9. The van der Waals surface area contributed by atoms with Crippen molar-refractivity contribution in [2.75, 3.05) is 6.61 Å². The molecule has 33 heavy (non-hydrogen) atoms. The summed E-state index contributed by atoms with van der Waals surface area (Å²) in [5.74, 6) is -0.754. The Morgan fingerprint density at radius 1 is 0.788 bits per heavy atom. The Hall–Kier alpha value is -2.76. The second kappa shape index (κ2) is 8.23. The van der Waals surface area contributed by atoms with E-state index in [0.717, 1.165) is 22.3 Å². The fraction of sp³-hybridized carbons (Fsp3) is 0.310. The SMILES string of the molecule is CC1=C[C@@H]2OC(C)(C)O[C@@H]2[C@]1(O)COC(c1ccccc1)(c1ccccc1)c1ccccc1. The van der Waals surface area contributed by atoms with Gasteiger partial charge in [0.1, 0.15) is 23.4 Å². The van der Waals surface area contributed by atoms with Gasteiger partial charge in [-0.05, 0) is 43.0 Å². The zero-order valence-electron chi connectivity index (χ0n) is 19.3. The molecule has 0 bridgehead atoms. The molecule has 5 rings (SSSR count). The highest BCUT2D eigenvalue weighted by Gasteiger charge is 2.57. The predicted molar refractivity (Wildman–Crippen MR) is 128 cm³/mol. The van der Waals surface area contributed by atoms with Gasteiger partial charge >= 0.3 is 0 Å². The summed E-state index contributed by atoms with van der Waals surface area (Å²) >= 11 is 0. The van der Waals surface area contributed by atoms with Crippen LogP contribution in [0.5, 0.6) is 0 Å². The Morgan fingerprint density at radius 2 is 1.24 bits per heavy atom. The number of hydrogen-bond acceptors (Lipinski definition) is 4. The fourth-order valence-electron chi connectivity index (χ4n) is 5.08. The van der Waals surface area contributed by atoms with Crippen LogP contribution >= 0.6 is 0 Å². The first-order valence-corrected chi connectivity index (χ1v) is 11.4. The molecule has 0 unspecified atom stereocenters. The topological polar surface area (TPSA) is 47.9 Å². The van der Waals surface area contributed by atoms with Gasteiger partial charge in [-0.1, -0.05) is 97.1 Å². The molecular weight excluding hydrogens is 412 g/mol. The van der Waals surface area contributed by atoms with Gasteiger partial charge in [0.25, 0.3) is 0 Å².